The Morgan fingerprint density at radius 3 is 2.80 bits per heavy atom. The topological polar surface area (TPSA) is 82.5 Å². The largest absolute Gasteiger partial charge is 0.494 e. The van der Waals surface area contributed by atoms with E-state index in [1.807, 2.05) is 0 Å². The second-order valence-electron chi connectivity index (χ2n) is 1.65. The summed E-state index contributed by atoms with van der Waals surface area (Å²) < 4.78 is 0. The molecule has 5 heteroatoms. The van der Waals surface area contributed by atoms with E-state index in [4.69, 9.17) is 5.11 Å². The zero-order valence-corrected chi connectivity index (χ0v) is 4.87. The molecule has 0 saturated carbocycles. The number of aromatic amines is 1. The molecule has 10 heavy (non-hydrogen) atoms. The van der Waals surface area contributed by atoms with Gasteiger partial charge in [0.25, 0.3) is 0 Å². The van der Waals surface area contributed by atoms with Crippen molar-refractivity contribution in [1.82, 2.24) is 4.98 Å². The monoisotopic (exact) mass is 140 g/mol. The van der Waals surface area contributed by atoms with Crippen LogP contribution in [-0.2, 0) is 0 Å². The summed E-state index contributed by atoms with van der Waals surface area (Å²) in [7, 11) is 0. The first-order valence-corrected chi connectivity index (χ1v) is 2.48. The predicted octanol–water partition coefficient (Wildman–Crippen LogP) is 0.931. The molecular weight excluding hydrogens is 136 g/mol. The Morgan fingerprint density at radius 2 is 2.40 bits per heavy atom. The minimum Gasteiger partial charge on any atom is -0.494 e. The highest BCUT2D eigenvalue weighted by molar-refractivity contribution is 5.86. The number of aldehydes is 1. The van der Waals surface area contributed by atoms with Crippen molar-refractivity contribution in [3.63, 3.8) is 0 Å². The van der Waals surface area contributed by atoms with Gasteiger partial charge in [-0.25, -0.2) is 0 Å². The Hall–Kier alpha value is -1.65. The minimum atomic E-state index is -0.329. The average molecular weight is 140 g/mol. The lowest BCUT2D eigenvalue weighted by Crippen LogP contribution is -1.73. The molecule has 0 fully saturated rings. The second kappa shape index (κ2) is 2.30. The molecule has 5 nitrogen and oxygen atoms in total. The molecular formula is C5H4N2O3. The molecule has 0 spiro atoms. The number of nitroso groups, excluding NO2 is 1. The Balaban J connectivity index is 3.25. The molecule has 52 valence electrons. The second-order valence-corrected chi connectivity index (χ2v) is 1.65. The van der Waals surface area contributed by atoms with Gasteiger partial charge < -0.3 is 10.1 Å². The molecule has 1 rings (SSSR count). The first-order valence-electron chi connectivity index (χ1n) is 2.48. The van der Waals surface area contributed by atoms with Gasteiger partial charge in [0.2, 0.25) is 5.88 Å². The van der Waals surface area contributed by atoms with Crippen LogP contribution in [0, 0.1) is 4.91 Å². The van der Waals surface area contributed by atoms with Gasteiger partial charge in [0.15, 0.2) is 6.29 Å². The lowest BCUT2D eigenvalue weighted by atomic mass is 10.3. The highest BCUT2D eigenvalue weighted by Gasteiger charge is 2.08. The highest BCUT2D eigenvalue weighted by atomic mass is 16.3. The lowest BCUT2D eigenvalue weighted by Gasteiger charge is -1.82. The van der Waals surface area contributed by atoms with E-state index in [-0.39, 0.29) is 17.1 Å². The highest BCUT2D eigenvalue weighted by Crippen LogP contribution is 2.24. The van der Waals surface area contributed by atoms with Gasteiger partial charge in [-0.15, -0.1) is 4.91 Å². The maximum absolute atomic E-state index is 10.1. The van der Waals surface area contributed by atoms with Crippen LogP contribution in [0.3, 0.4) is 0 Å². The van der Waals surface area contributed by atoms with E-state index in [1.54, 1.807) is 0 Å². The molecule has 0 amide bonds. The fourth-order valence-electron chi connectivity index (χ4n) is 0.605. The number of aromatic nitrogens is 1. The van der Waals surface area contributed by atoms with Crippen molar-refractivity contribution in [1.29, 1.82) is 0 Å². The van der Waals surface area contributed by atoms with Crippen LogP contribution in [0.2, 0.25) is 0 Å². The summed E-state index contributed by atoms with van der Waals surface area (Å²) >= 11 is 0. The molecule has 0 aliphatic carbocycles. The van der Waals surface area contributed by atoms with Crippen LogP contribution in [0.15, 0.2) is 11.4 Å². The Morgan fingerprint density at radius 1 is 1.70 bits per heavy atom. The van der Waals surface area contributed by atoms with E-state index in [1.165, 1.54) is 0 Å². The van der Waals surface area contributed by atoms with Crippen molar-refractivity contribution >= 4 is 12.0 Å². The van der Waals surface area contributed by atoms with Crippen LogP contribution < -0.4 is 0 Å². The number of hydrogen-bond donors (Lipinski definition) is 2. The Labute approximate surface area is 55.7 Å². The van der Waals surface area contributed by atoms with Gasteiger partial charge in [0.05, 0.1) is 0 Å². The molecule has 1 aromatic rings. The summed E-state index contributed by atoms with van der Waals surface area (Å²) in [6, 6.07) is 0. The third kappa shape index (κ3) is 0.771. The van der Waals surface area contributed by atoms with Crippen molar-refractivity contribution in [2.75, 3.05) is 0 Å². The van der Waals surface area contributed by atoms with Crippen LogP contribution in [0.25, 0.3) is 0 Å². The van der Waals surface area contributed by atoms with Crippen molar-refractivity contribution in [2.45, 2.75) is 0 Å². The third-order valence-electron chi connectivity index (χ3n) is 1.09. The molecule has 0 aliphatic heterocycles. The van der Waals surface area contributed by atoms with Crippen LogP contribution in [0.4, 0.5) is 5.69 Å². The molecule has 0 saturated heterocycles. The van der Waals surface area contributed by atoms with Crippen LogP contribution in [-0.4, -0.2) is 16.4 Å². The number of hydrogen-bond acceptors (Lipinski definition) is 4. The van der Waals surface area contributed by atoms with E-state index >= 15 is 0 Å². The molecule has 1 aromatic heterocycles. The van der Waals surface area contributed by atoms with Crippen molar-refractivity contribution in [3.05, 3.63) is 16.7 Å². The Kier molecular flexibility index (Phi) is 1.49. The molecule has 0 unspecified atom stereocenters. The number of nitrogens with one attached hydrogen (secondary N) is 1. The van der Waals surface area contributed by atoms with E-state index in [2.05, 4.69) is 10.2 Å². The van der Waals surface area contributed by atoms with E-state index in [9.17, 15) is 9.70 Å². The maximum atomic E-state index is 10.1. The van der Waals surface area contributed by atoms with Crippen LogP contribution in [0.5, 0.6) is 5.88 Å². The average Bonchev–Trinajstić information content (AvgIpc) is 2.30. The van der Waals surface area contributed by atoms with Gasteiger partial charge in [0.1, 0.15) is 11.3 Å². The quantitative estimate of drug-likeness (QED) is 0.473. The number of carbonyl (C=O) groups is 1. The summed E-state index contributed by atoms with van der Waals surface area (Å²) in [6.07, 6.45) is 1.52. The molecule has 2 N–H and O–H groups in total. The minimum absolute atomic E-state index is 0.0764. The lowest BCUT2D eigenvalue weighted by molar-refractivity contribution is 0.112. The van der Waals surface area contributed by atoms with Crippen LogP contribution in [0.1, 0.15) is 10.4 Å². The smallest absolute Gasteiger partial charge is 0.201 e. The Bertz CT molecular complexity index is 266. The fraction of sp³-hybridized carbons (Fsp3) is 0. The normalized spacial score (nSPS) is 9.20. The number of nitrogens with zero attached hydrogens (tertiary/aromatic N) is 1. The maximum Gasteiger partial charge on any atom is 0.201 e. The standard InChI is InChI=1S/C5H4N2O3/c8-2-3-4(7-10)1-6-5(3)9/h1-2,6,9H. The van der Waals surface area contributed by atoms with Gasteiger partial charge in [-0.05, 0) is 5.18 Å². The molecule has 0 radical (unpaired) electrons. The van der Waals surface area contributed by atoms with E-state index in [0.29, 0.717) is 6.29 Å². The van der Waals surface area contributed by atoms with Gasteiger partial charge in [0, 0.05) is 6.20 Å². The predicted molar refractivity (Wildman–Crippen MR) is 33.3 cm³/mol. The van der Waals surface area contributed by atoms with E-state index < -0.39 is 0 Å². The van der Waals surface area contributed by atoms with Crippen molar-refractivity contribution in [3.8, 4) is 5.88 Å². The SMILES string of the molecule is O=Cc1c(N=O)c[nH]c1O. The number of rotatable bonds is 2. The molecule has 0 bridgehead atoms. The van der Waals surface area contributed by atoms with Gasteiger partial charge in [-0.2, -0.15) is 0 Å². The summed E-state index contributed by atoms with van der Waals surface area (Å²) in [5.74, 6) is -0.329. The van der Waals surface area contributed by atoms with Crippen molar-refractivity contribution < 1.29 is 9.90 Å². The fourth-order valence-corrected chi connectivity index (χ4v) is 0.605. The van der Waals surface area contributed by atoms with Gasteiger partial charge in [-0.1, -0.05) is 0 Å². The third-order valence-corrected chi connectivity index (χ3v) is 1.09. The molecule has 1 heterocycles. The van der Waals surface area contributed by atoms with Crippen molar-refractivity contribution in [2.24, 2.45) is 5.18 Å². The number of aromatic hydroxyl groups is 1. The first kappa shape index (κ1) is 6.47. The summed E-state index contributed by atoms with van der Waals surface area (Å²) in [5.41, 5.74) is -0.178. The summed E-state index contributed by atoms with van der Waals surface area (Å²) in [4.78, 5) is 22.2. The van der Waals surface area contributed by atoms with Gasteiger partial charge >= 0.3 is 0 Å². The zero-order chi connectivity index (χ0) is 7.56. The van der Waals surface area contributed by atoms with Crippen LogP contribution >= 0.6 is 0 Å². The molecule has 0 aromatic carbocycles. The summed E-state index contributed by atoms with van der Waals surface area (Å²) in [5, 5.41) is 11.3. The van der Waals surface area contributed by atoms with E-state index in [0.717, 1.165) is 6.20 Å². The summed E-state index contributed by atoms with van der Waals surface area (Å²) in [6.45, 7) is 0. The van der Waals surface area contributed by atoms with Gasteiger partial charge in [-0.3, -0.25) is 4.79 Å². The molecule has 0 atom stereocenters. The number of carbonyl (C=O) groups excluding carboxylic acids is 1. The molecule has 0 aliphatic rings. The number of H-pyrrole nitrogens is 1. The first-order chi connectivity index (χ1) is 4.79. The zero-order valence-electron chi connectivity index (χ0n) is 4.87.